The van der Waals surface area contributed by atoms with Gasteiger partial charge in [0.05, 0.1) is 4.47 Å². The van der Waals surface area contributed by atoms with Crippen molar-refractivity contribution in [3.63, 3.8) is 0 Å². The third-order valence-electron chi connectivity index (χ3n) is 3.09. The molecule has 0 aliphatic carbocycles. The van der Waals surface area contributed by atoms with Crippen LogP contribution in [0, 0.1) is 5.82 Å². The molecule has 1 saturated heterocycles. The topological polar surface area (TPSA) is 49.9 Å². The summed E-state index contributed by atoms with van der Waals surface area (Å²) in [7, 11) is 0. The predicted molar refractivity (Wildman–Crippen MR) is 84.3 cm³/mol. The highest BCUT2D eigenvalue weighted by Crippen LogP contribution is 2.24. The number of amides is 2. The van der Waals surface area contributed by atoms with Gasteiger partial charge in [-0.05, 0) is 54.9 Å². The van der Waals surface area contributed by atoms with Crippen molar-refractivity contribution >= 4 is 33.6 Å². The predicted octanol–water partition coefficient (Wildman–Crippen LogP) is 3.17. The molecule has 1 aromatic rings. The van der Waals surface area contributed by atoms with Gasteiger partial charge >= 0.3 is 6.09 Å². The molecule has 0 N–H and O–H groups in total. The van der Waals surface area contributed by atoms with Crippen molar-refractivity contribution in [2.75, 3.05) is 24.5 Å². The fraction of sp³-hybridized carbons (Fsp3) is 0.467. The van der Waals surface area contributed by atoms with Crippen molar-refractivity contribution in [2.45, 2.75) is 26.4 Å². The number of rotatable bonds is 1. The highest BCUT2D eigenvalue weighted by atomic mass is 79.9. The number of hydrogen-bond donors (Lipinski definition) is 0. The van der Waals surface area contributed by atoms with E-state index in [-0.39, 0.29) is 18.3 Å². The molecule has 0 spiro atoms. The third kappa shape index (κ3) is 3.97. The van der Waals surface area contributed by atoms with E-state index in [1.807, 2.05) is 0 Å². The molecular formula is C15H18BrFN2O3. The van der Waals surface area contributed by atoms with Gasteiger partial charge in [-0.1, -0.05) is 0 Å². The van der Waals surface area contributed by atoms with E-state index >= 15 is 0 Å². The molecule has 22 heavy (non-hydrogen) atoms. The lowest BCUT2D eigenvalue weighted by Crippen LogP contribution is -2.53. The molecule has 0 radical (unpaired) electrons. The summed E-state index contributed by atoms with van der Waals surface area (Å²) in [4.78, 5) is 27.1. The van der Waals surface area contributed by atoms with Crippen molar-refractivity contribution < 1.29 is 18.7 Å². The summed E-state index contributed by atoms with van der Waals surface area (Å²) >= 11 is 3.10. The monoisotopic (exact) mass is 372 g/mol. The quantitative estimate of drug-likeness (QED) is 0.760. The standard InChI is InChI=1S/C15H18BrFN2O3/c1-15(2,3)22-14(21)18-6-7-19(13(20)9-18)10-4-5-12(17)11(16)8-10/h4-5,8H,6-7,9H2,1-3H3. The molecule has 2 amide bonds. The Kier molecular flexibility index (Phi) is 4.75. The van der Waals surface area contributed by atoms with Crippen LogP contribution in [0.2, 0.25) is 0 Å². The van der Waals surface area contributed by atoms with E-state index in [0.717, 1.165) is 0 Å². The van der Waals surface area contributed by atoms with Gasteiger partial charge in [0.15, 0.2) is 0 Å². The Morgan fingerprint density at radius 1 is 1.32 bits per heavy atom. The van der Waals surface area contributed by atoms with Crippen LogP contribution in [0.4, 0.5) is 14.9 Å². The van der Waals surface area contributed by atoms with E-state index in [9.17, 15) is 14.0 Å². The van der Waals surface area contributed by atoms with Crippen molar-refractivity contribution in [1.82, 2.24) is 4.90 Å². The number of piperazine rings is 1. The molecule has 7 heteroatoms. The Bertz CT molecular complexity index is 601. The molecule has 1 fully saturated rings. The lowest BCUT2D eigenvalue weighted by atomic mass is 10.2. The molecule has 120 valence electrons. The maximum atomic E-state index is 13.3. The SMILES string of the molecule is CC(C)(C)OC(=O)N1CCN(c2ccc(F)c(Br)c2)C(=O)C1. The van der Waals surface area contributed by atoms with Gasteiger partial charge in [0, 0.05) is 18.8 Å². The molecule has 2 rings (SSSR count). The van der Waals surface area contributed by atoms with Crippen LogP contribution in [-0.4, -0.2) is 42.1 Å². The minimum atomic E-state index is -0.598. The second-order valence-electron chi connectivity index (χ2n) is 6.05. The molecule has 1 aliphatic heterocycles. The third-order valence-corrected chi connectivity index (χ3v) is 3.69. The fourth-order valence-corrected chi connectivity index (χ4v) is 2.45. The number of carbonyl (C=O) groups excluding carboxylic acids is 2. The van der Waals surface area contributed by atoms with E-state index in [1.165, 1.54) is 15.9 Å². The summed E-state index contributed by atoms with van der Waals surface area (Å²) < 4.78 is 18.8. The first-order valence-electron chi connectivity index (χ1n) is 6.91. The minimum Gasteiger partial charge on any atom is -0.444 e. The van der Waals surface area contributed by atoms with Crippen LogP contribution in [0.1, 0.15) is 20.8 Å². The zero-order chi connectivity index (χ0) is 16.5. The van der Waals surface area contributed by atoms with Crippen LogP contribution in [0.25, 0.3) is 0 Å². The summed E-state index contributed by atoms with van der Waals surface area (Å²) in [5.74, 6) is -0.612. The van der Waals surface area contributed by atoms with Crippen molar-refractivity contribution in [3.05, 3.63) is 28.5 Å². The summed E-state index contributed by atoms with van der Waals surface area (Å²) in [6.07, 6.45) is -0.499. The Balaban J connectivity index is 2.05. The number of hydrogen-bond acceptors (Lipinski definition) is 3. The Labute approximate surface area is 137 Å². The van der Waals surface area contributed by atoms with Crippen LogP contribution >= 0.6 is 15.9 Å². The van der Waals surface area contributed by atoms with E-state index in [1.54, 1.807) is 32.9 Å². The lowest BCUT2D eigenvalue weighted by Gasteiger charge is -2.35. The largest absolute Gasteiger partial charge is 0.444 e. The maximum Gasteiger partial charge on any atom is 0.410 e. The molecule has 0 aromatic heterocycles. The Hall–Kier alpha value is -1.63. The molecule has 5 nitrogen and oxygen atoms in total. The number of ether oxygens (including phenoxy) is 1. The van der Waals surface area contributed by atoms with Gasteiger partial charge in [0.25, 0.3) is 0 Å². The van der Waals surface area contributed by atoms with Gasteiger partial charge in [0.2, 0.25) is 5.91 Å². The van der Waals surface area contributed by atoms with Crippen LogP contribution < -0.4 is 4.90 Å². The first-order chi connectivity index (χ1) is 10.2. The van der Waals surface area contributed by atoms with Gasteiger partial charge in [-0.25, -0.2) is 9.18 Å². The summed E-state index contributed by atoms with van der Waals surface area (Å²) in [6.45, 7) is 5.99. The fourth-order valence-electron chi connectivity index (χ4n) is 2.08. The zero-order valence-electron chi connectivity index (χ0n) is 12.7. The van der Waals surface area contributed by atoms with Gasteiger partial charge in [-0.2, -0.15) is 0 Å². The Morgan fingerprint density at radius 3 is 2.55 bits per heavy atom. The highest BCUT2D eigenvalue weighted by Gasteiger charge is 2.31. The van der Waals surface area contributed by atoms with E-state index in [2.05, 4.69) is 15.9 Å². The van der Waals surface area contributed by atoms with Crippen LogP contribution in [0.3, 0.4) is 0 Å². The van der Waals surface area contributed by atoms with Gasteiger partial charge in [0.1, 0.15) is 18.0 Å². The van der Waals surface area contributed by atoms with E-state index < -0.39 is 11.7 Å². The van der Waals surface area contributed by atoms with Gasteiger partial charge in [-0.15, -0.1) is 0 Å². The molecule has 1 heterocycles. The summed E-state index contributed by atoms with van der Waals surface area (Å²) in [5.41, 5.74) is 0.00105. The van der Waals surface area contributed by atoms with Crippen molar-refractivity contribution in [1.29, 1.82) is 0 Å². The first kappa shape index (κ1) is 16.7. The minimum absolute atomic E-state index is 0.0517. The van der Waals surface area contributed by atoms with E-state index in [4.69, 9.17) is 4.74 Å². The average molecular weight is 373 g/mol. The number of nitrogens with zero attached hydrogens (tertiary/aromatic N) is 2. The maximum absolute atomic E-state index is 13.3. The second-order valence-corrected chi connectivity index (χ2v) is 6.90. The number of halogens is 2. The van der Waals surface area contributed by atoms with Crippen LogP contribution in [0.5, 0.6) is 0 Å². The van der Waals surface area contributed by atoms with Gasteiger partial charge < -0.3 is 9.64 Å². The van der Waals surface area contributed by atoms with Crippen LogP contribution in [-0.2, 0) is 9.53 Å². The van der Waals surface area contributed by atoms with Gasteiger partial charge in [-0.3, -0.25) is 9.69 Å². The molecule has 0 unspecified atom stereocenters. The second kappa shape index (κ2) is 6.24. The van der Waals surface area contributed by atoms with Crippen LogP contribution in [0.15, 0.2) is 22.7 Å². The molecule has 1 aliphatic rings. The molecule has 1 aromatic carbocycles. The Morgan fingerprint density at radius 2 is 2.00 bits per heavy atom. The number of carbonyl (C=O) groups is 2. The highest BCUT2D eigenvalue weighted by molar-refractivity contribution is 9.10. The molecule has 0 atom stereocenters. The number of anilines is 1. The van der Waals surface area contributed by atoms with Crippen molar-refractivity contribution in [3.8, 4) is 0 Å². The summed E-state index contributed by atoms with van der Waals surface area (Å²) in [6, 6.07) is 4.39. The van der Waals surface area contributed by atoms with E-state index in [0.29, 0.717) is 23.2 Å². The smallest absolute Gasteiger partial charge is 0.410 e. The van der Waals surface area contributed by atoms with Crippen molar-refractivity contribution in [2.24, 2.45) is 0 Å². The molecule has 0 bridgehead atoms. The first-order valence-corrected chi connectivity index (χ1v) is 7.70. The molecule has 0 saturated carbocycles. The molecular weight excluding hydrogens is 355 g/mol. The average Bonchev–Trinajstić information content (AvgIpc) is 2.40. The number of benzene rings is 1. The summed E-state index contributed by atoms with van der Waals surface area (Å²) in [5, 5.41) is 0. The zero-order valence-corrected chi connectivity index (χ0v) is 14.3. The lowest BCUT2D eigenvalue weighted by molar-refractivity contribution is -0.121. The normalized spacial score (nSPS) is 16.0.